The van der Waals surface area contributed by atoms with Crippen molar-refractivity contribution in [1.29, 1.82) is 0 Å². The van der Waals surface area contributed by atoms with Crippen molar-refractivity contribution in [2.75, 3.05) is 26.3 Å². The van der Waals surface area contributed by atoms with Gasteiger partial charge in [0.05, 0.1) is 5.02 Å². The van der Waals surface area contributed by atoms with Crippen LogP contribution < -0.4 is 5.32 Å². The number of rotatable bonds is 5. The Bertz CT molecular complexity index is 419. The second-order valence-corrected chi connectivity index (χ2v) is 5.69. The topological polar surface area (TPSA) is 21.3 Å². The van der Waals surface area contributed by atoms with Gasteiger partial charge in [-0.25, -0.2) is 4.39 Å². The molecule has 0 unspecified atom stereocenters. The Balaban J connectivity index is 2.17. The highest BCUT2D eigenvalue weighted by Gasteiger charge is 2.33. The largest absolute Gasteiger partial charge is 0.381 e. The minimum atomic E-state index is -0.272. The number of halogens is 2. The van der Waals surface area contributed by atoms with Gasteiger partial charge in [0.25, 0.3) is 0 Å². The second-order valence-electron chi connectivity index (χ2n) is 5.28. The van der Waals surface area contributed by atoms with E-state index in [9.17, 15) is 4.39 Å². The fourth-order valence-corrected chi connectivity index (χ4v) is 2.89. The molecule has 1 aromatic carbocycles. The van der Waals surface area contributed by atoms with E-state index >= 15 is 0 Å². The van der Waals surface area contributed by atoms with E-state index in [4.69, 9.17) is 16.3 Å². The van der Waals surface area contributed by atoms with E-state index in [0.29, 0.717) is 5.56 Å². The van der Waals surface area contributed by atoms with Gasteiger partial charge in [-0.2, -0.15) is 0 Å². The molecule has 0 bridgehead atoms. The molecule has 4 heteroatoms. The lowest BCUT2D eigenvalue weighted by atomic mass is 9.75. The van der Waals surface area contributed by atoms with Crippen LogP contribution in [0.25, 0.3) is 0 Å². The van der Waals surface area contributed by atoms with Gasteiger partial charge < -0.3 is 10.1 Å². The first-order valence-corrected chi connectivity index (χ1v) is 7.26. The molecule has 1 N–H and O–H groups in total. The molecule has 19 heavy (non-hydrogen) atoms. The Labute approximate surface area is 119 Å². The molecule has 1 saturated heterocycles. The van der Waals surface area contributed by atoms with E-state index in [2.05, 4.69) is 12.2 Å². The molecule has 0 aliphatic carbocycles. The summed E-state index contributed by atoms with van der Waals surface area (Å²) in [5, 5.41) is 3.61. The fraction of sp³-hybridized carbons (Fsp3) is 0.600. The molecule has 0 aromatic heterocycles. The summed E-state index contributed by atoms with van der Waals surface area (Å²) in [7, 11) is 0. The Morgan fingerprint density at radius 3 is 2.79 bits per heavy atom. The van der Waals surface area contributed by atoms with Crippen LogP contribution in [-0.2, 0) is 11.2 Å². The average molecular weight is 286 g/mol. The van der Waals surface area contributed by atoms with Crippen molar-refractivity contribution in [1.82, 2.24) is 5.32 Å². The van der Waals surface area contributed by atoms with E-state index < -0.39 is 0 Å². The molecule has 0 saturated carbocycles. The van der Waals surface area contributed by atoms with Gasteiger partial charge >= 0.3 is 0 Å². The summed E-state index contributed by atoms with van der Waals surface area (Å²) in [5.74, 6) is -0.272. The van der Waals surface area contributed by atoms with Crippen LogP contribution >= 0.6 is 11.6 Å². The van der Waals surface area contributed by atoms with Crippen molar-refractivity contribution in [3.63, 3.8) is 0 Å². The van der Waals surface area contributed by atoms with E-state index in [-0.39, 0.29) is 16.3 Å². The standard InChI is InChI=1S/C15H21ClFNO/c1-2-18-11-15(6-8-19-9-7-15)10-12-4-3-5-13(16)14(12)17/h3-5,18H,2,6-11H2,1H3. The monoisotopic (exact) mass is 285 g/mol. The number of nitrogens with one attached hydrogen (secondary N) is 1. The summed E-state index contributed by atoms with van der Waals surface area (Å²) >= 11 is 5.87. The second kappa shape index (κ2) is 6.69. The zero-order valence-corrected chi connectivity index (χ0v) is 12.1. The predicted molar refractivity (Wildman–Crippen MR) is 76.1 cm³/mol. The summed E-state index contributed by atoms with van der Waals surface area (Å²) in [6.07, 6.45) is 2.65. The average Bonchev–Trinajstić information content (AvgIpc) is 2.43. The van der Waals surface area contributed by atoms with E-state index in [0.717, 1.165) is 45.6 Å². The molecule has 2 nitrogen and oxygen atoms in total. The molecule has 0 amide bonds. The van der Waals surface area contributed by atoms with Gasteiger partial charge in [0.15, 0.2) is 0 Å². The molecule has 1 aliphatic heterocycles. The van der Waals surface area contributed by atoms with Gasteiger partial charge in [0.1, 0.15) is 5.82 Å². The smallest absolute Gasteiger partial charge is 0.144 e. The normalized spacial score (nSPS) is 18.5. The van der Waals surface area contributed by atoms with Crippen LogP contribution in [0.5, 0.6) is 0 Å². The molecule has 1 aromatic rings. The van der Waals surface area contributed by atoms with Crippen molar-refractivity contribution in [2.45, 2.75) is 26.2 Å². The SMILES string of the molecule is CCNCC1(Cc2cccc(Cl)c2F)CCOCC1. The van der Waals surface area contributed by atoms with E-state index in [1.807, 2.05) is 12.1 Å². The van der Waals surface area contributed by atoms with Gasteiger partial charge in [0, 0.05) is 19.8 Å². The van der Waals surface area contributed by atoms with Crippen LogP contribution in [0.1, 0.15) is 25.3 Å². The zero-order valence-electron chi connectivity index (χ0n) is 11.3. The summed E-state index contributed by atoms with van der Waals surface area (Å²) in [6, 6.07) is 5.26. The first-order chi connectivity index (χ1) is 9.17. The number of hydrogen-bond donors (Lipinski definition) is 1. The highest BCUT2D eigenvalue weighted by molar-refractivity contribution is 6.30. The van der Waals surface area contributed by atoms with Crippen LogP contribution in [0.3, 0.4) is 0 Å². The summed E-state index contributed by atoms with van der Waals surface area (Å²) in [4.78, 5) is 0. The lowest BCUT2D eigenvalue weighted by molar-refractivity contribution is 0.0148. The van der Waals surface area contributed by atoms with E-state index in [1.165, 1.54) is 0 Å². The maximum Gasteiger partial charge on any atom is 0.144 e. The number of benzene rings is 1. The van der Waals surface area contributed by atoms with E-state index in [1.54, 1.807) is 6.07 Å². The molecule has 0 atom stereocenters. The molecule has 1 aliphatic rings. The fourth-order valence-electron chi connectivity index (χ4n) is 2.70. The van der Waals surface area contributed by atoms with Crippen LogP contribution in [0.2, 0.25) is 5.02 Å². The molecule has 0 spiro atoms. The quantitative estimate of drug-likeness (QED) is 0.895. The highest BCUT2D eigenvalue weighted by Crippen LogP contribution is 2.35. The Morgan fingerprint density at radius 1 is 1.37 bits per heavy atom. The van der Waals surface area contributed by atoms with Gasteiger partial charge in [-0.3, -0.25) is 0 Å². The minimum absolute atomic E-state index is 0.0831. The third kappa shape index (κ3) is 3.68. The van der Waals surface area contributed by atoms with Crippen LogP contribution in [0, 0.1) is 11.2 Å². The van der Waals surface area contributed by atoms with Gasteiger partial charge in [-0.1, -0.05) is 30.7 Å². The lowest BCUT2D eigenvalue weighted by Crippen LogP contribution is -2.41. The summed E-state index contributed by atoms with van der Waals surface area (Å²) in [5.41, 5.74) is 0.798. The van der Waals surface area contributed by atoms with Crippen molar-refractivity contribution < 1.29 is 9.13 Å². The predicted octanol–water partition coefficient (Wildman–Crippen LogP) is 3.43. The Hall–Kier alpha value is -0.640. The van der Waals surface area contributed by atoms with Crippen LogP contribution in [0.4, 0.5) is 4.39 Å². The van der Waals surface area contributed by atoms with Crippen molar-refractivity contribution >= 4 is 11.6 Å². The molecular weight excluding hydrogens is 265 g/mol. The summed E-state index contributed by atoms with van der Waals surface area (Å²) in [6.45, 7) is 5.44. The van der Waals surface area contributed by atoms with Gasteiger partial charge in [0.2, 0.25) is 0 Å². The van der Waals surface area contributed by atoms with Gasteiger partial charge in [-0.05, 0) is 42.9 Å². The summed E-state index contributed by atoms with van der Waals surface area (Å²) < 4.78 is 19.5. The molecule has 2 rings (SSSR count). The molecule has 106 valence electrons. The maximum atomic E-state index is 14.1. The van der Waals surface area contributed by atoms with Crippen LogP contribution in [0.15, 0.2) is 18.2 Å². The highest BCUT2D eigenvalue weighted by atomic mass is 35.5. The Kier molecular flexibility index (Phi) is 5.20. The first kappa shape index (κ1) is 14.8. The van der Waals surface area contributed by atoms with Gasteiger partial charge in [-0.15, -0.1) is 0 Å². The zero-order chi connectivity index (χ0) is 13.7. The lowest BCUT2D eigenvalue weighted by Gasteiger charge is -2.37. The van der Waals surface area contributed by atoms with Crippen molar-refractivity contribution in [3.05, 3.63) is 34.6 Å². The number of hydrogen-bond acceptors (Lipinski definition) is 2. The first-order valence-electron chi connectivity index (χ1n) is 6.88. The third-order valence-electron chi connectivity index (χ3n) is 3.90. The molecular formula is C15H21ClFNO. The minimum Gasteiger partial charge on any atom is -0.381 e. The Morgan fingerprint density at radius 2 is 2.11 bits per heavy atom. The molecule has 0 radical (unpaired) electrons. The molecule has 1 heterocycles. The third-order valence-corrected chi connectivity index (χ3v) is 4.19. The van der Waals surface area contributed by atoms with Crippen LogP contribution in [-0.4, -0.2) is 26.3 Å². The van der Waals surface area contributed by atoms with Crippen molar-refractivity contribution in [3.8, 4) is 0 Å². The number of ether oxygens (including phenoxy) is 1. The van der Waals surface area contributed by atoms with Crippen molar-refractivity contribution in [2.24, 2.45) is 5.41 Å². The maximum absolute atomic E-state index is 14.1. The molecule has 1 fully saturated rings.